The van der Waals surface area contributed by atoms with Gasteiger partial charge in [-0.25, -0.2) is 4.79 Å². The van der Waals surface area contributed by atoms with Crippen molar-refractivity contribution in [3.8, 4) is 0 Å². The summed E-state index contributed by atoms with van der Waals surface area (Å²) in [7, 11) is 1.30. The van der Waals surface area contributed by atoms with Crippen molar-refractivity contribution in [1.82, 2.24) is 10.6 Å². The Morgan fingerprint density at radius 1 is 0.963 bits per heavy atom. The van der Waals surface area contributed by atoms with Gasteiger partial charge in [0.1, 0.15) is 5.54 Å². The lowest BCUT2D eigenvalue weighted by Crippen LogP contribution is -2.67. The first kappa shape index (κ1) is 18.6. The van der Waals surface area contributed by atoms with Crippen molar-refractivity contribution >= 4 is 17.8 Å². The summed E-state index contributed by atoms with van der Waals surface area (Å²) >= 11 is 0. The van der Waals surface area contributed by atoms with Gasteiger partial charge in [-0.05, 0) is 24.0 Å². The third kappa shape index (κ3) is 3.18. The Morgan fingerprint density at radius 2 is 1.52 bits per heavy atom. The molecule has 2 amide bonds. The number of ether oxygens (including phenoxy) is 1. The highest BCUT2D eigenvalue weighted by atomic mass is 16.5. The number of piperidine rings is 1. The normalized spacial score (nSPS) is 24.6. The smallest absolute Gasteiger partial charge is 0.336 e. The van der Waals surface area contributed by atoms with Gasteiger partial charge >= 0.3 is 5.97 Å². The van der Waals surface area contributed by atoms with Crippen molar-refractivity contribution in [2.75, 3.05) is 7.11 Å². The van der Waals surface area contributed by atoms with Crippen LogP contribution < -0.4 is 10.6 Å². The largest absolute Gasteiger partial charge is 0.467 e. The molecule has 2 aromatic carbocycles. The zero-order valence-electron chi connectivity index (χ0n) is 15.3. The van der Waals surface area contributed by atoms with Gasteiger partial charge in [0.2, 0.25) is 5.91 Å². The van der Waals surface area contributed by atoms with Crippen LogP contribution in [0.2, 0.25) is 0 Å². The lowest BCUT2D eigenvalue weighted by atomic mass is 9.72. The molecule has 1 fully saturated rings. The van der Waals surface area contributed by atoms with E-state index in [4.69, 9.17) is 4.74 Å². The lowest BCUT2D eigenvalue weighted by Gasteiger charge is -2.45. The minimum Gasteiger partial charge on any atom is -0.467 e. The number of methoxy groups -OCH3 is 1. The number of rotatable bonds is 4. The fourth-order valence-corrected chi connectivity index (χ4v) is 3.73. The van der Waals surface area contributed by atoms with E-state index in [1.807, 2.05) is 24.3 Å². The van der Waals surface area contributed by atoms with Crippen LogP contribution in [0, 0.1) is 0 Å². The standard InChI is InChI=1S/C21H22N2O4/c1-15(24)22-20(16-9-5-3-6-10-16)13-14-21(19(26)27-2,23-18(20)25)17-11-7-4-8-12-17/h3-12H,13-14H2,1-2H3,(H,22,24)(H,23,25)/t20-,21-/m1/s1. The van der Waals surface area contributed by atoms with Crippen LogP contribution in [-0.2, 0) is 30.2 Å². The van der Waals surface area contributed by atoms with Crippen molar-refractivity contribution < 1.29 is 19.1 Å². The molecule has 6 heteroatoms. The lowest BCUT2D eigenvalue weighted by molar-refractivity contribution is -0.156. The number of amides is 2. The predicted octanol–water partition coefficient (Wildman–Crippen LogP) is 2.00. The van der Waals surface area contributed by atoms with Crippen LogP contribution in [0.15, 0.2) is 60.7 Å². The molecular weight excluding hydrogens is 344 g/mol. The highest BCUT2D eigenvalue weighted by Gasteiger charge is 2.54. The molecule has 3 rings (SSSR count). The first-order valence-corrected chi connectivity index (χ1v) is 8.75. The summed E-state index contributed by atoms with van der Waals surface area (Å²) in [4.78, 5) is 37.9. The number of esters is 1. The molecule has 2 atom stereocenters. The maximum atomic E-state index is 13.3. The average Bonchev–Trinajstić information content (AvgIpc) is 2.70. The van der Waals surface area contributed by atoms with Crippen molar-refractivity contribution in [1.29, 1.82) is 0 Å². The van der Waals surface area contributed by atoms with E-state index in [0.717, 1.165) is 0 Å². The number of hydrogen-bond acceptors (Lipinski definition) is 4. The summed E-state index contributed by atoms with van der Waals surface area (Å²) in [6, 6.07) is 18.1. The summed E-state index contributed by atoms with van der Waals surface area (Å²) in [6.07, 6.45) is 0.539. The Bertz CT molecular complexity index is 853. The third-order valence-corrected chi connectivity index (χ3v) is 5.05. The van der Waals surface area contributed by atoms with Crippen LogP contribution in [-0.4, -0.2) is 24.9 Å². The molecule has 1 aliphatic heterocycles. The quantitative estimate of drug-likeness (QED) is 0.811. The van der Waals surface area contributed by atoms with Crippen LogP contribution in [0.4, 0.5) is 0 Å². The average molecular weight is 366 g/mol. The van der Waals surface area contributed by atoms with Gasteiger partial charge in [-0.2, -0.15) is 0 Å². The second kappa shape index (κ2) is 7.23. The molecule has 1 heterocycles. The fraction of sp³-hybridized carbons (Fsp3) is 0.286. The molecular formula is C21H22N2O4. The molecule has 0 spiro atoms. The summed E-state index contributed by atoms with van der Waals surface area (Å²) in [5, 5.41) is 5.67. The van der Waals surface area contributed by atoms with Gasteiger partial charge < -0.3 is 15.4 Å². The number of benzene rings is 2. The summed E-state index contributed by atoms with van der Waals surface area (Å²) in [6.45, 7) is 1.37. The van der Waals surface area contributed by atoms with Gasteiger partial charge in [-0.15, -0.1) is 0 Å². The highest BCUT2D eigenvalue weighted by Crippen LogP contribution is 2.40. The van der Waals surface area contributed by atoms with E-state index in [1.54, 1.807) is 36.4 Å². The van der Waals surface area contributed by atoms with E-state index >= 15 is 0 Å². The maximum absolute atomic E-state index is 13.3. The van der Waals surface area contributed by atoms with Gasteiger partial charge in [0, 0.05) is 6.92 Å². The topological polar surface area (TPSA) is 84.5 Å². The van der Waals surface area contributed by atoms with Gasteiger partial charge in [0.25, 0.3) is 5.91 Å². The Hall–Kier alpha value is -3.15. The molecule has 6 nitrogen and oxygen atoms in total. The van der Waals surface area contributed by atoms with E-state index in [-0.39, 0.29) is 18.7 Å². The first-order valence-electron chi connectivity index (χ1n) is 8.75. The second-order valence-corrected chi connectivity index (χ2v) is 6.67. The Balaban J connectivity index is 2.06. The zero-order valence-corrected chi connectivity index (χ0v) is 15.3. The zero-order chi connectivity index (χ0) is 19.5. The number of carbonyl (C=O) groups is 3. The molecule has 0 saturated carbocycles. The Labute approximate surface area is 157 Å². The van der Waals surface area contributed by atoms with Crippen molar-refractivity contribution in [2.45, 2.75) is 30.8 Å². The molecule has 0 aromatic heterocycles. The van der Waals surface area contributed by atoms with E-state index in [9.17, 15) is 14.4 Å². The SMILES string of the molecule is COC(=O)[C@]1(c2ccccc2)CC[C@@](NC(C)=O)(c2ccccc2)C(=O)N1. The molecule has 27 heavy (non-hydrogen) atoms. The van der Waals surface area contributed by atoms with Crippen molar-refractivity contribution in [3.05, 3.63) is 71.8 Å². The number of hydrogen-bond donors (Lipinski definition) is 2. The number of nitrogens with one attached hydrogen (secondary N) is 2. The van der Waals surface area contributed by atoms with E-state index in [2.05, 4.69) is 10.6 Å². The monoisotopic (exact) mass is 366 g/mol. The van der Waals surface area contributed by atoms with Gasteiger partial charge in [-0.3, -0.25) is 9.59 Å². The van der Waals surface area contributed by atoms with E-state index < -0.39 is 23.0 Å². The van der Waals surface area contributed by atoms with E-state index in [1.165, 1.54) is 14.0 Å². The number of carbonyl (C=O) groups excluding carboxylic acids is 3. The minimum absolute atomic E-state index is 0.256. The summed E-state index contributed by atoms with van der Waals surface area (Å²) in [5.41, 5.74) is -1.21. The molecule has 0 aliphatic carbocycles. The predicted molar refractivity (Wildman–Crippen MR) is 99.4 cm³/mol. The van der Waals surface area contributed by atoms with Crippen LogP contribution in [0.1, 0.15) is 30.9 Å². The van der Waals surface area contributed by atoms with Crippen LogP contribution in [0.25, 0.3) is 0 Å². The van der Waals surface area contributed by atoms with Gasteiger partial charge in [-0.1, -0.05) is 60.7 Å². The molecule has 1 saturated heterocycles. The van der Waals surface area contributed by atoms with Crippen LogP contribution in [0.5, 0.6) is 0 Å². The van der Waals surface area contributed by atoms with Crippen LogP contribution in [0.3, 0.4) is 0 Å². The van der Waals surface area contributed by atoms with Crippen molar-refractivity contribution in [3.63, 3.8) is 0 Å². The molecule has 140 valence electrons. The van der Waals surface area contributed by atoms with E-state index in [0.29, 0.717) is 11.1 Å². The van der Waals surface area contributed by atoms with Crippen LogP contribution >= 0.6 is 0 Å². The van der Waals surface area contributed by atoms with Gasteiger partial charge in [0.05, 0.1) is 7.11 Å². The highest BCUT2D eigenvalue weighted by molar-refractivity contribution is 5.98. The third-order valence-electron chi connectivity index (χ3n) is 5.05. The summed E-state index contributed by atoms with van der Waals surface area (Å²) in [5.74, 6) is -1.30. The first-order chi connectivity index (χ1) is 12.9. The second-order valence-electron chi connectivity index (χ2n) is 6.67. The minimum atomic E-state index is -1.29. The molecule has 1 aliphatic rings. The molecule has 0 bridgehead atoms. The fourth-order valence-electron chi connectivity index (χ4n) is 3.73. The molecule has 0 radical (unpaired) electrons. The Kier molecular flexibility index (Phi) is 4.99. The molecule has 2 N–H and O–H groups in total. The van der Waals surface area contributed by atoms with Gasteiger partial charge in [0.15, 0.2) is 5.54 Å². The molecule has 2 aromatic rings. The summed E-state index contributed by atoms with van der Waals surface area (Å²) < 4.78 is 5.01. The van der Waals surface area contributed by atoms with Crippen molar-refractivity contribution in [2.24, 2.45) is 0 Å². The molecule has 0 unspecified atom stereocenters. The Morgan fingerprint density at radius 3 is 2.00 bits per heavy atom. The maximum Gasteiger partial charge on any atom is 0.336 e.